The minimum Gasteiger partial charge on any atom is -0.494 e. The number of rotatable bonds is 14. The summed E-state index contributed by atoms with van der Waals surface area (Å²) in [5, 5.41) is 12.8. The predicted octanol–water partition coefficient (Wildman–Crippen LogP) is 4.37. The molecule has 12 heteroatoms. The van der Waals surface area contributed by atoms with Crippen molar-refractivity contribution in [1.82, 2.24) is 10.9 Å². The largest absolute Gasteiger partial charge is 0.494 e. The zero-order valence-electron chi connectivity index (χ0n) is 23.7. The fourth-order valence-electron chi connectivity index (χ4n) is 4.56. The first-order chi connectivity index (χ1) is 20.4. The number of ether oxygens (including phenoxy) is 4. The molecule has 0 aromatic heterocycles. The summed E-state index contributed by atoms with van der Waals surface area (Å²) >= 11 is 0. The van der Waals surface area contributed by atoms with E-state index in [1.54, 1.807) is 69.7 Å². The Morgan fingerprint density at radius 1 is 1.12 bits per heavy atom. The van der Waals surface area contributed by atoms with Gasteiger partial charge in [-0.05, 0) is 60.0 Å². The van der Waals surface area contributed by atoms with Gasteiger partial charge in [-0.2, -0.15) is 0 Å². The number of carbonyl (C=O) groups is 1. The Morgan fingerprint density at radius 2 is 1.88 bits per heavy atom. The normalized spacial score (nSPS) is 17.4. The molecule has 3 aromatic carbocycles. The van der Waals surface area contributed by atoms with E-state index in [2.05, 4.69) is 20.9 Å². The number of hydrogen-bond donors (Lipinski definition) is 3. The van der Waals surface area contributed by atoms with E-state index < -0.39 is 17.6 Å². The van der Waals surface area contributed by atoms with Crippen molar-refractivity contribution in [3.63, 3.8) is 0 Å². The number of methoxy groups -OCH3 is 2. The number of azide groups is 1. The van der Waals surface area contributed by atoms with Crippen LogP contribution < -0.4 is 25.1 Å². The summed E-state index contributed by atoms with van der Waals surface area (Å²) in [7, 11) is 3.13. The van der Waals surface area contributed by atoms with Crippen molar-refractivity contribution in [2.45, 2.75) is 38.0 Å². The van der Waals surface area contributed by atoms with E-state index in [4.69, 9.17) is 34.6 Å². The van der Waals surface area contributed by atoms with Gasteiger partial charge in [-0.15, -0.1) is 0 Å². The van der Waals surface area contributed by atoms with Gasteiger partial charge in [0, 0.05) is 42.2 Å². The Kier molecular flexibility index (Phi) is 10.2. The molecule has 1 aliphatic heterocycles. The van der Waals surface area contributed by atoms with Crippen LogP contribution in [0.1, 0.15) is 30.0 Å². The molecule has 220 valence electrons. The van der Waals surface area contributed by atoms with E-state index in [1.807, 2.05) is 18.2 Å². The third-order valence-corrected chi connectivity index (χ3v) is 6.87. The van der Waals surface area contributed by atoms with E-state index in [1.165, 1.54) is 0 Å². The Hall–Kier alpha value is -4.77. The van der Waals surface area contributed by atoms with Crippen molar-refractivity contribution in [2.24, 2.45) is 10.1 Å². The molecule has 2 atom stereocenters. The molecular weight excluding hydrogens is 540 g/mol. The highest BCUT2D eigenvalue weighted by molar-refractivity contribution is 6.00. The summed E-state index contributed by atoms with van der Waals surface area (Å²) in [4.78, 5) is 21.7. The molecule has 0 spiro atoms. The Balaban J connectivity index is 1.60. The third kappa shape index (κ3) is 6.92. The van der Waals surface area contributed by atoms with E-state index in [0.29, 0.717) is 59.5 Å². The first-order valence-electron chi connectivity index (χ1n) is 13.4. The summed E-state index contributed by atoms with van der Waals surface area (Å²) in [5.41, 5.74) is 16.1. The first-order valence-corrected chi connectivity index (χ1v) is 13.4. The van der Waals surface area contributed by atoms with Crippen LogP contribution in [0.4, 0.5) is 5.69 Å². The number of hydrazine groups is 1. The quantitative estimate of drug-likeness (QED) is 0.0847. The standard InChI is InChI=1S/C30H34N6O6/c1-20-30(18-23-7-4-5-8-25(23)34-36-31,29(38)35-32-19-21-9-14-26(39-2)27(17-21)40-3)33-28(42-20)22-10-12-24(13-11-22)41-16-6-15-37/h4-5,7-14,17,20,32,37H,6,15-16,18-19H2,1-3H3,(H,35,38)/t20-,30-/m0/s1. The summed E-state index contributed by atoms with van der Waals surface area (Å²) in [5.74, 6) is 1.72. The Labute approximate surface area is 243 Å². The lowest BCUT2D eigenvalue weighted by Gasteiger charge is -2.28. The number of nitrogens with one attached hydrogen (secondary N) is 2. The van der Waals surface area contributed by atoms with Gasteiger partial charge in [0.15, 0.2) is 17.0 Å². The second-order valence-corrected chi connectivity index (χ2v) is 9.54. The molecule has 0 fully saturated rings. The van der Waals surface area contributed by atoms with Gasteiger partial charge in [0.05, 0.1) is 20.8 Å². The zero-order valence-corrected chi connectivity index (χ0v) is 23.7. The fourth-order valence-corrected chi connectivity index (χ4v) is 4.56. The number of aliphatic imine (C=N–C) groups is 1. The highest BCUT2D eigenvalue weighted by Crippen LogP contribution is 2.35. The van der Waals surface area contributed by atoms with Crippen molar-refractivity contribution in [3.05, 3.63) is 93.9 Å². The summed E-state index contributed by atoms with van der Waals surface area (Å²) in [6, 6.07) is 19.7. The number of nitrogens with zero attached hydrogens (tertiary/aromatic N) is 4. The van der Waals surface area contributed by atoms with Crippen LogP contribution in [0.25, 0.3) is 10.4 Å². The Morgan fingerprint density at radius 3 is 2.60 bits per heavy atom. The average Bonchev–Trinajstić information content (AvgIpc) is 3.35. The molecule has 4 rings (SSSR count). The van der Waals surface area contributed by atoms with Crippen molar-refractivity contribution in [3.8, 4) is 17.2 Å². The molecule has 1 aliphatic rings. The average molecular weight is 575 g/mol. The van der Waals surface area contributed by atoms with E-state index in [-0.39, 0.29) is 13.0 Å². The maximum atomic E-state index is 13.9. The number of aliphatic hydroxyl groups excluding tert-OH is 1. The predicted molar refractivity (Wildman–Crippen MR) is 157 cm³/mol. The third-order valence-electron chi connectivity index (χ3n) is 6.87. The smallest absolute Gasteiger partial charge is 0.266 e. The molecule has 0 unspecified atom stereocenters. The minimum atomic E-state index is -1.38. The molecule has 12 nitrogen and oxygen atoms in total. The molecule has 3 aromatic rings. The van der Waals surface area contributed by atoms with Gasteiger partial charge in [-0.1, -0.05) is 35.4 Å². The monoisotopic (exact) mass is 574 g/mol. The molecule has 0 saturated heterocycles. The topological polar surface area (TPSA) is 159 Å². The van der Waals surface area contributed by atoms with Gasteiger partial charge in [-0.25, -0.2) is 10.4 Å². The minimum absolute atomic E-state index is 0.0523. The second-order valence-electron chi connectivity index (χ2n) is 9.54. The van der Waals surface area contributed by atoms with E-state index >= 15 is 0 Å². The SMILES string of the molecule is COc1ccc(CNNC(=O)[C@@]2(Cc3ccccc3N=[N+]=[N-])N=C(c3ccc(OCCCO)cc3)O[C@H]2C)cc1OC. The molecule has 0 radical (unpaired) electrons. The van der Waals surface area contributed by atoms with Crippen molar-refractivity contribution in [2.75, 3.05) is 27.4 Å². The fraction of sp³-hybridized carbons (Fsp3) is 0.333. The van der Waals surface area contributed by atoms with Crippen LogP contribution in [0.3, 0.4) is 0 Å². The van der Waals surface area contributed by atoms with Crippen molar-refractivity contribution >= 4 is 17.5 Å². The van der Waals surface area contributed by atoms with Gasteiger partial charge < -0.3 is 24.1 Å². The molecule has 0 bridgehead atoms. The summed E-state index contributed by atoms with van der Waals surface area (Å²) in [6.45, 7) is 2.54. The lowest BCUT2D eigenvalue weighted by atomic mass is 9.85. The molecule has 3 N–H and O–H groups in total. The van der Waals surface area contributed by atoms with Gasteiger partial charge in [0.1, 0.15) is 11.9 Å². The molecule has 0 saturated carbocycles. The van der Waals surface area contributed by atoms with Crippen molar-refractivity contribution < 1.29 is 28.8 Å². The van der Waals surface area contributed by atoms with E-state index in [0.717, 1.165) is 5.56 Å². The maximum absolute atomic E-state index is 13.9. The highest BCUT2D eigenvalue weighted by atomic mass is 16.5. The zero-order chi connectivity index (χ0) is 30.0. The van der Waals surface area contributed by atoms with Crippen molar-refractivity contribution in [1.29, 1.82) is 0 Å². The lowest BCUT2D eigenvalue weighted by molar-refractivity contribution is -0.129. The number of hydrogen-bond acceptors (Lipinski definition) is 9. The van der Waals surface area contributed by atoms with Gasteiger partial charge in [0.2, 0.25) is 5.90 Å². The van der Waals surface area contributed by atoms with Gasteiger partial charge >= 0.3 is 0 Å². The molecule has 42 heavy (non-hydrogen) atoms. The molecule has 1 heterocycles. The van der Waals surface area contributed by atoms with Crippen LogP contribution in [0, 0.1) is 0 Å². The van der Waals surface area contributed by atoms with Gasteiger partial charge in [0.25, 0.3) is 5.91 Å². The first kappa shape index (κ1) is 30.2. The molecule has 0 aliphatic carbocycles. The number of benzene rings is 3. The maximum Gasteiger partial charge on any atom is 0.266 e. The van der Waals surface area contributed by atoms with Crippen LogP contribution >= 0.6 is 0 Å². The summed E-state index contributed by atoms with van der Waals surface area (Å²) < 4.78 is 22.5. The van der Waals surface area contributed by atoms with Crippen LogP contribution in [0.5, 0.6) is 17.2 Å². The van der Waals surface area contributed by atoms with Crippen LogP contribution in [0.2, 0.25) is 0 Å². The molecule has 1 amide bonds. The van der Waals surface area contributed by atoms with Crippen LogP contribution in [-0.2, 0) is 22.5 Å². The number of aliphatic hydroxyl groups is 1. The van der Waals surface area contributed by atoms with Gasteiger partial charge in [-0.3, -0.25) is 10.2 Å². The summed E-state index contributed by atoms with van der Waals surface area (Å²) in [6.07, 6.45) is -0.00150. The number of carbonyl (C=O) groups excluding carboxylic acids is 1. The lowest BCUT2D eigenvalue weighted by Crippen LogP contribution is -2.55. The van der Waals surface area contributed by atoms with Crippen LogP contribution in [-0.4, -0.2) is 56.0 Å². The number of amides is 1. The highest BCUT2D eigenvalue weighted by Gasteiger charge is 2.50. The Bertz CT molecular complexity index is 1460. The van der Waals surface area contributed by atoms with E-state index in [9.17, 15) is 4.79 Å². The molecular formula is C30H34N6O6. The van der Waals surface area contributed by atoms with Crippen LogP contribution in [0.15, 0.2) is 76.8 Å². The second kappa shape index (κ2) is 14.2.